The van der Waals surface area contributed by atoms with E-state index < -0.39 is 0 Å². The lowest BCUT2D eigenvalue weighted by molar-refractivity contribution is 0.101. The van der Waals surface area contributed by atoms with E-state index in [-0.39, 0.29) is 11.6 Å². The standard InChI is InChI=1S/C18H11ClN2O2/c1-11(22)15-9-17(18(23)13-2-4-14(19)5-3-13)21-7-6-12(10-20)8-16(15)21/h2-9H,1H3. The molecule has 3 aromatic rings. The minimum absolute atomic E-state index is 0.159. The summed E-state index contributed by atoms with van der Waals surface area (Å²) in [4.78, 5) is 24.6. The first-order valence-electron chi connectivity index (χ1n) is 6.87. The maximum atomic E-state index is 12.7. The van der Waals surface area contributed by atoms with Crippen molar-refractivity contribution in [1.29, 1.82) is 5.26 Å². The highest BCUT2D eigenvalue weighted by Gasteiger charge is 2.19. The first-order chi connectivity index (χ1) is 11.0. The maximum Gasteiger partial charge on any atom is 0.209 e. The topological polar surface area (TPSA) is 62.3 Å². The van der Waals surface area contributed by atoms with E-state index in [0.717, 1.165) is 0 Å². The van der Waals surface area contributed by atoms with Crippen molar-refractivity contribution in [3.05, 3.63) is 76.1 Å². The highest BCUT2D eigenvalue weighted by molar-refractivity contribution is 6.30. The summed E-state index contributed by atoms with van der Waals surface area (Å²) in [5.74, 6) is -0.373. The summed E-state index contributed by atoms with van der Waals surface area (Å²) in [7, 11) is 0. The zero-order valence-corrected chi connectivity index (χ0v) is 13.0. The predicted octanol–water partition coefficient (Wildman–Crippen LogP) is 3.90. The molecule has 2 aromatic heterocycles. The van der Waals surface area contributed by atoms with E-state index in [0.29, 0.717) is 32.9 Å². The van der Waals surface area contributed by atoms with Gasteiger partial charge in [0.05, 0.1) is 22.8 Å². The second-order valence-corrected chi connectivity index (χ2v) is 5.55. The first kappa shape index (κ1) is 15.0. The summed E-state index contributed by atoms with van der Waals surface area (Å²) < 4.78 is 1.63. The molecule has 0 bridgehead atoms. The van der Waals surface area contributed by atoms with Crippen molar-refractivity contribution in [3.63, 3.8) is 0 Å². The molecule has 0 spiro atoms. The van der Waals surface area contributed by atoms with Crippen LogP contribution < -0.4 is 0 Å². The fourth-order valence-corrected chi connectivity index (χ4v) is 2.60. The first-order valence-corrected chi connectivity index (χ1v) is 7.25. The van der Waals surface area contributed by atoms with Crippen LogP contribution in [0.2, 0.25) is 5.02 Å². The highest BCUT2D eigenvalue weighted by atomic mass is 35.5. The van der Waals surface area contributed by atoms with Crippen molar-refractivity contribution in [2.45, 2.75) is 6.92 Å². The zero-order chi connectivity index (χ0) is 16.6. The van der Waals surface area contributed by atoms with Crippen LogP contribution in [0.1, 0.15) is 38.9 Å². The number of benzene rings is 1. The fourth-order valence-electron chi connectivity index (χ4n) is 2.47. The largest absolute Gasteiger partial charge is 0.313 e. The number of hydrogen-bond donors (Lipinski definition) is 0. The number of carbonyl (C=O) groups is 2. The molecule has 0 radical (unpaired) electrons. The lowest BCUT2D eigenvalue weighted by Crippen LogP contribution is -2.04. The van der Waals surface area contributed by atoms with Gasteiger partial charge in [-0.25, -0.2) is 0 Å². The molecule has 0 N–H and O–H groups in total. The van der Waals surface area contributed by atoms with Crippen LogP contribution in [0, 0.1) is 11.3 Å². The van der Waals surface area contributed by atoms with Crippen molar-refractivity contribution in [2.24, 2.45) is 0 Å². The van der Waals surface area contributed by atoms with Gasteiger partial charge in [-0.05, 0) is 49.4 Å². The lowest BCUT2D eigenvalue weighted by atomic mass is 10.1. The quantitative estimate of drug-likeness (QED) is 0.687. The Morgan fingerprint density at radius 2 is 1.83 bits per heavy atom. The Hall–Kier alpha value is -2.90. The van der Waals surface area contributed by atoms with Crippen LogP contribution >= 0.6 is 11.6 Å². The van der Waals surface area contributed by atoms with E-state index in [2.05, 4.69) is 0 Å². The maximum absolute atomic E-state index is 12.7. The van der Waals surface area contributed by atoms with Crippen molar-refractivity contribution in [2.75, 3.05) is 0 Å². The molecule has 0 aliphatic rings. The molecule has 0 unspecified atom stereocenters. The van der Waals surface area contributed by atoms with Gasteiger partial charge in [0.15, 0.2) is 5.78 Å². The smallest absolute Gasteiger partial charge is 0.209 e. The van der Waals surface area contributed by atoms with Gasteiger partial charge >= 0.3 is 0 Å². The number of pyridine rings is 1. The summed E-state index contributed by atoms with van der Waals surface area (Å²) in [5, 5.41) is 9.57. The average Bonchev–Trinajstić information content (AvgIpc) is 2.93. The van der Waals surface area contributed by atoms with Crippen LogP contribution in [0.5, 0.6) is 0 Å². The molecule has 0 saturated carbocycles. The molecule has 112 valence electrons. The average molecular weight is 323 g/mol. The minimum Gasteiger partial charge on any atom is -0.313 e. The molecular formula is C18H11ClN2O2. The molecule has 0 fully saturated rings. The molecule has 0 aliphatic heterocycles. The molecule has 0 saturated heterocycles. The van der Waals surface area contributed by atoms with Gasteiger partial charge in [-0.2, -0.15) is 5.26 Å². The number of nitriles is 1. The fraction of sp³-hybridized carbons (Fsp3) is 0.0556. The van der Waals surface area contributed by atoms with Crippen molar-refractivity contribution in [3.8, 4) is 6.07 Å². The molecule has 4 nitrogen and oxygen atoms in total. The number of carbonyl (C=O) groups excluding carboxylic acids is 2. The Labute approximate surface area is 137 Å². The van der Waals surface area contributed by atoms with Gasteiger partial charge in [0.25, 0.3) is 0 Å². The number of rotatable bonds is 3. The molecule has 5 heteroatoms. The number of nitrogens with zero attached hydrogens (tertiary/aromatic N) is 2. The SMILES string of the molecule is CC(=O)c1cc(C(=O)c2ccc(Cl)cc2)n2ccc(C#N)cc12. The summed E-state index contributed by atoms with van der Waals surface area (Å²) in [6.07, 6.45) is 1.63. The summed E-state index contributed by atoms with van der Waals surface area (Å²) in [6.45, 7) is 1.44. The van der Waals surface area contributed by atoms with E-state index >= 15 is 0 Å². The van der Waals surface area contributed by atoms with Crippen LogP contribution in [-0.2, 0) is 0 Å². The number of ketones is 2. The normalized spacial score (nSPS) is 10.5. The lowest BCUT2D eigenvalue weighted by Gasteiger charge is -2.03. The van der Waals surface area contributed by atoms with Crippen LogP contribution in [0.15, 0.2) is 48.7 Å². The Bertz CT molecular complexity index is 979. The molecule has 2 heterocycles. The molecule has 0 aliphatic carbocycles. The minimum atomic E-state index is -0.214. The number of aromatic nitrogens is 1. The summed E-state index contributed by atoms with van der Waals surface area (Å²) in [6, 6.07) is 13.4. The van der Waals surface area contributed by atoms with Gasteiger partial charge in [-0.3, -0.25) is 9.59 Å². The highest BCUT2D eigenvalue weighted by Crippen LogP contribution is 2.22. The van der Waals surface area contributed by atoms with E-state index in [1.165, 1.54) is 6.92 Å². The third kappa shape index (κ3) is 2.63. The van der Waals surface area contributed by atoms with Gasteiger partial charge in [-0.15, -0.1) is 0 Å². The molecular weight excluding hydrogens is 312 g/mol. The van der Waals surface area contributed by atoms with Crippen LogP contribution in [0.25, 0.3) is 5.52 Å². The van der Waals surface area contributed by atoms with Gasteiger partial charge in [-0.1, -0.05) is 11.6 Å². The van der Waals surface area contributed by atoms with Gasteiger partial charge in [0, 0.05) is 22.3 Å². The Balaban J connectivity index is 2.22. The monoisotopic (exact) mass is 322 g/mol. The number of hydrogen-bond acceptors (Lipinski definition) is 3. The van der Waals surface area contributed by atoms with Gasteiger partial charge < -0.3 is 4.40 Å². The van der Waals surface area contributed by atoms with Gasteiger partial charge in [0.1, 0.15) is 0 Å². The van der Waals surface area contributed by atoms with E-state index in [1.807, 2.05) is 6.07 Å². The molecule has 0 atom stereocenters. The second kappa shape index (κ2) is 5.71. The van der Waals surface area contributed by atoms with Crippen LogP contribution in [0.4, 0.5) is 0 Å². The van der Waals surface area contributed by atoms with Crippen LogP contribution in [-0.4, -0.2) is 16.0 Å². The van der Waals surface area contributed by atoms with E-state index in [1.54, 1.807) is 53.1 Å². The molecule has 23 heavy (non-hydrogen) atoms. The third-order valence-electron chi connectivity index (χ3n) is 3.62. The number of Topliss-reactive ketones (excluding diaryl/α,β-unsaturated/α-hetero) is 1. The Morgan fingerprint density at radius 3 is 2.43 bits per heavy atom. The van der Waals surface area contributed by atoms with Gasteiger partial charge in [0.2, 0.25) is 5.78 Å². The number of halogens is 1. The second-order valence-electron chi connectivity index (χ2n) is 5.12. The molecule has 3 rings (SSSR count). The molecule has 0 amide bonds. The predicted molar refractivity (Wildman–Crippen MR) is 87.0 cm³/mol. The Morgan fingerprint density at radius 1 is 1.13 bits per heavy atom. The van der Waals surface area contributed by atoms with E-state index in [4.69, 9.17) is 16.9 Å². The Kier molecular flexibility index (Phi) is 3.73. The van der Waals surface area contributed by atoms with Crippen molar-refractivity contribution >= 4 is 28.7 Å². The third-order valence-corrected chi connectivity index (χ3v) is 3.87. The van der Waals surface area contributed by atoms with Crippen molar-refractivity contribution in [1.82, 2.24) is 4.40 Å². The van der Waals surface area contributed by atoms with Crippen molar-refractivity contribution < 1.29 is 9.59 Å². The number of fused-ring (bicyclic) bond motifs is 1. The summed E-state index contributed by atoms with van der Waals surface area (Å²) in [5.41, 5.74) is 2.25. The summed E-state index contributed by atoms with van der Waals surface area (Å²) >= 11 is 5.84. The zero-order valence-electron chi connectivity index (χ0n) is 12.2. The van der Waals surface area contributed by atoms with Crippen LogP contribution in [0.3, 0.4) is 0 Å². The molecule has 1 aromatic carbocycles. The van der Waals surface area contributed by atoms with E-state index in [9.17, 15) is 9.59 Å².